The number of anilines is 2. The van der Waals surface area contributed by atoms with Crippen LogP contribution in [0.3, 0.4) is 0 Å². The molecule has 4 aliphatic heterocycles. The van der Waals surface area contributed by atoms with E-state index in [9.17, 15) is 24.0 Å². The van der Waals surface area contributed by atoms with Gasteiger partial charge in [-0.3, -0.25) is 29.0 Å². The van der Waals surface area contributed by atoms with Crippen molar-refractivity contribution in [3.8, 4) is 0 Å². The lowest BCUT2D eigenvalue weighted by Crippen LogP contribution is -2.46. The topological polar surface area (TPSA) is 141 Å². The summed E-state index contributed by atoms with van der Waals surface area (Å²) in [5.74, 6) is -1.42. The van der Waals surface area contributed by atoms with E-state index in [2.05, 4.69) is 15.1 Å². The van der Waals surface area contributed by atoms with Gasteiger partial charge >= 0.3 is 6.09 Å². The maximum atomic E-state index is 13.9. The molecule has 4 aliphatic rings. The predicted molar refractivity (Wildman–Crippen MR) is 211 cm³/mol. The van der Waals surface area contributed by atoms with Gasteiger partial charge in [-0.1, -0.05) is 24.3 Å². The molecule has 8 rings (SSSR count). The number of imide groups is 2. The lowest BCUT2D eigenvalue weighted by atomic mass is 9.93. The molecular formula is C42H46N6O8. The zero-order chi connectivity index (χ0) is 38.8. The molecule has 56 heavy (non-hydrogen) atoms. The number of rotatable bonds is 13. The number of nitrogens with zero attached hydrogens (tertiary/aromatic N) is 5. The molecule has 0 aromatic heterocycles. The number of hydrogen-bond donors (Lipinski definition) is 1. The third kappa shape index (κ3) is 7.15. The quantitative estimate of drug-likeness (QED) is 0.156. The molecule has 292 valence electrons. The second kappa shape index (κ2) is 16.3. The van der Waals surface area contributed by atoms with E-state index in [4.69, 9.17) is 14.2 Å². The fraction of sp³-hybridized carbons (Fsp3) is 0.405. The summed E-state index contributed by atoms with van der Waals surface area (Å²) >= 11 is 0. The lowest BCUT2D eigenvalue weighted by molar-refractivity contribution is 0.0573. The van der Waals surface area contributed by atoms with E-state index in [-0.39, 0.29) is 38.1 Å². The smallest absolute Gasteiger partial charge is 0.409 e. The van der Waals surface area contributed by atoms with Crippen LogP contribution in [0.2, 0.25) is 0 Å². The standard InChI is InChI=1S/C42H46N6O8/c1-2-56-42(53)46(14-15-48-39(50)33-9-4-7-29-25-31(45-18-22-55-23-19-45)27-35(37(29)33)41(48)52)12-5-10-43-11-13-47-38(49)32-8-3-6-28-24-30(44-16-20-54-21-17-44)26-34(36(28)32)40(47)51/h3-4,6-9,24-27,43H,2,5,10-23H2,1H3. The van der Waals surface area contributed by atoms with Crippen LogP contribution in [0.5, 0.6) is 0 Å². The van der Waals surface area contributed by atoms with Crippen LogP contribution in [-0.4, -0.2) is 143 Å². The van der Waals surface area contributed by atoms with Crippen molar-refractivity contribution in [3.63, 3.8) is 0 Å². The van der Waals surface area contributed by atoms with Crippen LogP contribution < -0.4 is 15.1 Å². The summed E-state index contributed by atoms with van der Waals surface area (Å²) < 4.78 is 16.4. The molecule has 0 aliphatic carbocycles. The first kappa shape index (κ1) is 37.4. The first-order valence-corrected chi connectivity index (χ1v) is 19.5. The average molecular weight is 763 g/mol. The van der Waals surface area contributed by atoms with E-state index in [1.807, 2.05) is 48.5 Å². The van der Waals surface area contributed by atoms with Crippen molar-refractivity contribution in [2.75, 3.05) is 108 Å². The zero-order valence-electron chi connectivity index (χ0n) is 31.6. The van der Waals surface area contributed by atoms with Crippen LogP contribution in [-0.2, 0) is 14.2 Å². The summed E-state index contributed by atoms with van der Waals surface area (Å²) in [6, 6.07) is 18.9. The molecular weight excluding hydrogens is 716 g/mol. The molecule has 4 heterocycles. The van der Waals surface area contributed by atoms with E-state index in [0.717, 1.165) is 35.2 Å². The van der Waals surface area contributed by atoms with E-state index in [1.54, 1.807) is 19.1 Å². The van der Waals surface area contributed by atoms with Crippen molar-refractivity contribution in [1.82, 2.24) is 20.0 Å². The molecule has 4 aromatic carbocycles. The highest BCUT2D eigenvalue weighted by Crippen LogP contribution is 2.36. The molecule has 14 nitrogen and oxygen atoms in total. The lowest BCUT2D eigenvalue weighted by Gasteiger charge is -2.32. The van der Waals surface area contributed by atoms with Gasteiger partial charge in [-0.25, -0.2) is 4.79 Å². The Labute approximate surface area is 324 Å². The Morgan fingerprint density at radius 3 is 1.68 bits per heavy atom. The summed E-state index contributed by atoms with van der Waals surface area (Å²) in [5, 5.41) is 6.34. The average Bonchev–Trinajstić information content (AvgIpc) is 3.23. The normalized spacial score (nSPS) is 17.0. The fourth-order valence-corrected chi connectivity index (χ4v) is 8.14. The van der Waals surface area contributed by atoms with Crippen LogP contribution in [0, 0.1) is 0 Å². The van der Waals surface area contributed by atoms with Gasteiger partial charge in [-0.05, 0) is 67.1 Å². The summed E-state index contributed by atoms with van der Waals surface area (Å²) in [7, 11) is 0. The minimum Gasteiger partial charge on any atom is -0.450 e. The van der Waals surface area contributed by atoms with Gasteiger partial charge in [-0.2, -0.15) is 0 Å². The molecule has 0 radical (unpaired) electrons. The Kier molecular flexibility index (Phi) is 10.9. The van der Waals surface area contributed by atoms with Gasteiger partial charge in [0.1, 0.15) is 0 Å². The highest BCUT2D eigenvalue weighted by molar-refractivity contribution is 6.27. The Morgan fingerprint density at radius 2 is 1.16 bits per heavy atom. The molecule has 2 saturated heterocycles. The summed E-state index contributed by atoms with van der Waals surface area (Å²) in [5.41, 5.74) is 3.81. The van der Waals surface area contributed by atoms with Gasteiger partial charge in [0.25, 0.3) is 23.6 Å². The van der Waals surface area contributed by atoms with E-state index in [1.165, 1.54) is 14.7 Å². The van der Waals surface area contributed by atoms with Crippen LogP contribution in [0.4, 0.5) is 16.2 Å². The van der Waals surface area contributed by atoms with Crippen molar-refractivity contribution in [2.45, 2.75) is 13.3 Å². The molecule has 14 heteroatoms. The van der Waals surface area contributed by atoms with Gasteiger partial charge in [-0.15, -0.1) is 0 Å². The predicted octanol–water partition coefficient (Wildman–Crippen LogP) is 4.00. The van der Waals surface area contributed by atoms with E-state index < -0.39 is 17.9 Å². The fourth-order valence-electron chi connectivity index (χ4n) is 8.14. The molecule has 1 N–H and O–H groups in total. The SMILES string of the molecule is CCOC(=O)N(CCCNCCN1C(=O)c2cccc3cc(N4CCOCC4)cc(c23)C1=O)CCN1C(=O)c2cccc3cc(N4CCOCC4)cc(c23)C1=O. The maximum absolute atomic E-state index is 13.9. The Hall–Kier alpha value is -5.57. The number of ether oxygens (including phenoxy) is 3. The number of carbonyl (C=O) groups excluding carboxylic acids is 5. The zero-order valence-corrected chi connectivity index (χ0v) is 31.6. The van der Waals surface area contributed by atoms with Crippen LogP contribution in [0.25, 0.3) is 21.5 Å². The Morgan fingerprint density at radius 1 is 0.661 bits per heavy atom. The second-order valence-corrected chi connectivity index (χ2v) is 14.3. The number of nitrogens with one attached hydrogen (secondary N) is 1. The molecule has 4 aromatic rings. The Balaban J connectivity index is 0.883. The summed E-state index contributed by atoms with van der Waals surface area (Å²) in [4.78, 5) is 76.4. The van der Waals surface area contributed by atoms with Crippen molar-refractivity contribution in [3.05, 3.63) is 82.9 Å². The van der Waals surface area contributed by atoms with E-state index >= 15 is 0 Å². The molecule has 5 amide bonds. The highest BCUT2D eigenvalue weighted by atomic mass is 16.6. The highest BCUT2D eigenvalue weighted by Gasteiger charge is 2.35. The van der Waals surface area contributed by atoms with Crippen molar-refractivity contribution >= 4 is 62.6 Å². The van der Waals surface area contributed by atoms with Gasteiger partial charge in [0, 0.05) is 92.2 Å². The number of hydrogen-bond acceptors (Lipinski definition) is 11. The van der Waals surface area contributed by atoms with Gasteiger partial charge in [0.05, 0.1) is 44.2 Å². The van der Waals surface area contributed by atoms with Gasteiger partial charge in [0.15, 0.2) is 0 Å². The van der Waals surface area contributed by atoms with Crippen LogP contribution in [0.1, 0.15) is 54.8 Å². The first-order chi connectivity index (χ1) is 27.3. The third-order valence-electron chi connectivity index (χ3n) is 11.0. The summed E-state index contributed by atoms with van der Waals surface area (Å²) in [6.45, 7) is 8.66. The largest absolute Gasteiger partial charge is 0.450 e. The number of benzene rings is 4. The molecule has 0 atom stereocenters. The van der Waals surface area contributed by atoms with Gasteiger partial charge < -0.3 is 34.2 Å². The van der Waals surface area contributed by atoms with Crippen LogP contribution >= 0.6 is 0 Å². The summed E-state index contributed by atoms with van der Waals surface area (Å²) in [6.07, 6.45) is -0.00563. The molecule has 0 bridgehead atoms. The van der Waals surface area contributed by atoms with Crippen LogP contribution in [0.15, 0.2) is 60.7 Å². The maximum Gasteiger partial charge on any atom is 0.409 e. The molecule has 0 unspecified atom stereocenters. The van der Waals surface area contributed by atoms with E-state index in [0.29, 0.717) is 98.6 Å². The number of carbonyl (C=O) groups is 5. The molecule has 2 fully saturated rings. The minimum atomic E-state index is -0.532. The molecule has 0 spiro atoms. The minimum absolute atomic E-state index is 0.00217. The number of amides is 5. The first-order valence-electron chi connectivity index (χ1n) is 19.5. The molecule has 0 saturated carbocycles. The van der Waals surface area contributed by atoms with Crippen molar-refractivity contribution in [1.29, 1.82) is 0 Å². The second-order valence-electron chi connectivity index (χ2n) is 14.3. The van der Waals surface area contributed by atoms with Crippen molar-refractivity contribution < 1.29 is 38.2 Å². The third-order valence-corrected chi connectivity index (χ3v) is 11.0. The number of morpholine rings is 2. The Bertz CT molecular complexity index is 2200. The van der Waals surface area contributed by atoms with Crippen molar-refractivity contribution in [2.24, 2.45) is 0 Å². The van der Waals surface area contributed by atoms with Gasteiger partial charge in [0.2, 0.25) is 0 Å². The monoisotopic (exact) mass is 762 g/mol.